The lowest BCUT2D eigenvalue weighted by Gasteiger charge is -2.38. The normalized spacial score (nSPS) is 16.6. The second-order valence-electron chi connectivity index (χ2n) is 8.58. The summed E-state index contributed by atoms with van der Waals surface area (Å²) in [7, 11) is 0. The van der Waals surface area contributed by atoms with Crippen molar-refractivity contribution in [3.05, 3.63) is 70.0 Å². The number of hydrogen-bond acceptors (Lipinski definition) is 3. The van der Waals surface area contributed by atoms with E-state index in [-0.39, 0.29) is 17.9 Å². The van der Waals surface area contributed by atoms with Crippen LogP contribution in [0.1, 0.15) is 36.5 Å². The Morgan fingerprint density at radius 2 is 1.84 bits per heavy atom. The van der Waals surface area contributed by atoms with Crippen molar-refractivity contribution < 1.29 is 27.8 Å². The molecule has 1 saturated heterocycles. The van der Waals surface area contributed by atoms with Gasteiger partial charge in [0.1, 0.15) is 23.2 Å². The van der Waals surface area contributed by atoms with Crippen molar-refractivity contribution in [1.82, 2.24) is 4.90 Å². The van der Waals surface area contributed by atoms with Gasteiger partial charge in [-0.2, -0.15) is 0 Å². The quantitative estimate of drug-likeness (QED) is 0.590. The van der Waals surface area contributed by atoms with Crippen molar-refractivity contribution in [2.75, 3.05) is 26.2 Å². The van der Waals surface area contributed by atoms with E-state index < -0.39 is 23.4 Å². The van der Waals surface area contributed by atoms with Crippen LogP contribution in [0.4, 0.5) is 13.2 Å². The van der Waals surface area contributed by atoms with Crippen molar-refractivity contribution in [3.63, 3.8) is 0 Å². The molecular weight excluding hydrogens is 419 g/mol. The minimum atomic E-state index is -0.920. The van der Waals surface area contributed by atoms with Crippen molar-refractivity contribution >= 4 is 11.5 Å². The van der Waals surface area contributed by atoms with Crippen LogP contribution in [-0.2, 0) is 17.6 Å². The van der Waals surface area contributed by atoms with Crippen LogP contribution >= 0.6 is 0 Å². The van der Waals surface area contributed by atoms with Crippen molar-refractivity contribution in [1.29, 1.82) is 0 Å². The molecule has 7 heteroatoms. The summed E-state index contributed by atoms with van der Waals surface area (Å²) < 4.78 is 46.2. The molecule has 0 saturated carbocycles. The van der Waals surface area contributed by atoms with Gasteiger partial charge in [-0.25, -0.2) is 13.2 Å². The van der Waals surface area contributed by atoms with Crippen LogP contribution in [0.25, 0.3) is 5.57 Å². The second-order valence-corrected chi connectivity index (χ2v) is 8.58. The molecule has 2 aromatic rings. The first kappa shape index (κ1) is 22.4. The topological polar surface area (TPSA) is 49.8 Å². The number of allylic oxidation sites excluding steroid dienone is 1. The van der Waals surface area contributed by atoms with Crippen molar-refractivity contribution in [2.24, 2.45) is 5.92 Å². The summed E-state index contributed by atoms with van der Waals surface area (Å²) in [4.78, 5) is 13.2. The number of carbonyl (C=O) groups is 1. The van der Waals surface area contributed by atoms with Crippen LogP contribution in [0.15, 0.2) is 35.9 Å². The van der Waals surface area contributed by atoms with Gasteiger partial charge in [0, 0.05) is 37.3 Å². The maximum atomic E-state index is 13.7. The highest BCUT2D eigenvalue weighted by atomic mass is 19.1. The SMILES string of the molecule is CC1=C(CN2CC(C(=O)O)C2)CCc2cc(OCCCc3c(F)cc(F)cc3F)ccc21. The zero-order valence-electron chi connectivity index (χ0n) is 18.0. The first-order valence-electron chi connectivity index (χ1n) is 10.8. The van der Waals surface area contributed by atoms with Crippen LogP contribution in [0.3, 0.4) is 0 Å². The third-order valence-corrected chi connectivity index (χ3v) is 6.37. The fourth-order valence-corrected chi connectivity index (χ4v) is 4.47. The zero-order chi connectivity index (χ0) is 22.8. The summed E-state index contributed by atoms with van der Waals surface area (Å²) >= 11 is 0. The van der Waals surface area contributed by atoms with Gasteiger partial charge in [-0.3, -0.25) is 9.69 Å². The largest absolute Gasteiger partial charge is 0.494 e. The third-order valence-electron chi connectivity index (χ3n) is 6.37. The molecule has 0 amide bonds. The van der Waals surface area contributed by atoms with E-state index >= 15 is 0 Å². The molecule has 0 unspecified atom stereocenters. The van der Waals surface area contributed by atoms with Gasteiger partial charge >= 0.3 is 5.97 Å². The zero-order valence-corrected chi connectivity index (χ0v) is 18.0. The van der Waals surface area contributed by atoms with E-state index in [1.807, 2.05) is 18.2 Å². The number of aliphatic carboxylic acids is 1. The maximum Gasteiger partial charge on any atom is 0.309 e. The van der Waals surface area contributed by atoms with Gasteiger partial charge in [0.15, 0.2) is 0 Å². The minimum Gasteiger partial charge on any atom is -0.494 e. The number of benzene rings is 2. The summed E-state index contributed by atoms with van der Waals surface area (Å²) in [5.41, 5.74) is 4.85. The minimum absolute atomic E-state index is 0.120. The molecule has 1 N–H and O–H groups in total. The molecule has 0 atom stereocenters. The standard InChI is InChI=1S/C25H26F3NO3/c1-15-17(12-29-13-18(14-29)25(30)31)5-4-16-9-20(6-7-21(15)16)32-8-2-3-22-23(27)10-19(26)11-24(22)28/h6-7,9-11,18H,2-5,8,12-14H2,1H3,(H,30,31). The number of halogens is 3. The van der Waals surface area contributed by atoms with E-state index in [9.17, 15) is 18.0 Å². The van der Waals surface area contributed by atoms with Crippen LogP contribution < -0.4 is 4.74 Å². The first-order valence-corrected chi connectivity index (χ1v) is 10.8. The fourth-order valence-electron chi connectivity index (χ4n) is 4.47. The van der Waals surface area contributed by atoms with E-state index in [1.54, 1.807) is 0 Å². The van der Waals surface area contributed by atoms with Gasteiger partial charge in [-0.15, -0.1) is 0 Å². The number of aryl methyl sites for hydroxylation is 1. The average molecular weight is 445 g/mol. The monoisotopic (exact) mass is 445 g/mol. The van der Waals surface area contributed by atoms with E-state index in [2.05, 4.69) is 11.8 Å². The number of likely N-dealkylation sites (tertiary alicyclic amines) is 1. The summed E-state index contributed by atoms with van der Waals surface area (Å²) in [5.74, 6) is -2.91. The molecule has 1 fully saturated rings. The summed E-state index contributed by atoms with van der Waals surface area (Å²) in [6.45, 7) is 4.43. The van der Waals surface area contributed by atoms with Gasteiger partial charge in [0.05, 0.1) is 12.5 Å². The van der Waals surface area contributed by atoms with Gasteiger partial charge in [0.25, 0.3) is 0 Å². The fraction of sp³-hybridized carbons (Fsp3) is 0.400. The number of hydrogen-bond donors (Lipinski definition) is 1. The van der Waals surface area contributed by atoms with Crippen LogP contribution in [-0.4, -0.2) is 42.2 Å². The number of carboxylic acids is 1. The number of nitrogens with zero attached hydrogens (tertiary/aromatic N) is 1. The molecule has 0 aromatic heterocycles. The molecule has 2 aromatic carbocycles. The molecular formula is C25H26F3NO3. The van der Waals surface area contributed by atoms with Crippen LogP contribution in [0.2, 0.25) is 0 Å². The molecule has 32 heavy (non-hydrogen) atoms. The molecule has 1 heterocycles. The molecule has 0 bridgehead atoms. The molecule has 0 spiro atoms. The Balaban J connectivity index is 1.32. The number of ether oxygens (including phenoxy) is 1. The molecule has 0 radical (unpaired) electrons. The van der Waals surface area contributed by atoms with E-state index in [0.29, 0.717) is 44.0 Å². The molecule has 1 aliphatic heterocycles. The first-order chi connectivity index (χ1) is 15.3. The van der Waals surface area contributed by atoms with E-state index in [4.69, 9.17) is 9.84 Å². The number of rotatable bonds is 8. The Kier molecular flexibility index (Phi) is 6.55. The summed E-state index contributed by atoms with van der Waals surface area (Å²) in [6, 6.07) is 7.33. The Morgan fingerprint density at radius 1 is 1.12 bits per heavy atom. The lowest BCUT2D eigenvalue weighted by atomic mass is 9.85. The predicted octanol–water partition coefficient (Wildman–Crippen LogP) is 4.85. The van der Waals surface area contributed by atoms with Gasteiger partial charge < -0.3 is 9.84 Å². The molecule has 4 rings (SSSR count). The Morgan fingerprint density at radius 3 is 2.53 bits per heavy atom. The van der Waals surface area contributed by atoms with Crippen molar-refractivity contribution in [3.8, 4) is 5.75 Å². The van der Waals surface area contributed by atoms with E-state index in [0.717, 1.165) is 19.4 Å². The lowest BCUT2D eigenvalue weighted by Crippen LogP contribution is -2.50. The summed E-state index contributed by atoms with van der Waals surface area (Å²) in [5, 5.41) is 9.04. The third kappa shape index (κ3) is 4.83. The number of fused-ring (bicyclic) bond motifs is 1. The highest BCUT2D eigenvalue weighted by Crippen LogP contribution is 2.34. The lowest BCUT2D eigenvalue weighted by molar-refractivity contribution is -0.147. The smallest absolute Gasteiger partial charge is 0.309 e. The van der Waals surface area contributed by atoms with Gasteiger partial charge in [0.2, 0.25) is 0 Å². The highest BCUT2D eigenvalue weighted by Gasteiger charge is 2.33. The Labute approximate surface area is 185 Å². The Bertz CT molecular complexity index is 1040. The Hall–Kier alpha value is -2.80. The molecule has 1 aliphatic carbocycles. The summed E-state index contributed by atoms with van der Waals surface area (Å²) in [6.07, 6.45) is 2.36. The highest BCUT2D eigenvalue weighted by molar-refractivity contribution is 5.73. The predicted molar refractivity (Wildman–Crippen MR) is 115 cm³/mol. The molecule has 2 aliphatic rings. The average Bonchev–Trinajstić information content (AvgIpc) is 2.70. The van der Waals surface area contributed by atoms with Gasteiger partial charge in [-0.1, -0.05) is 11.6 Å². The van der Waals surface area contributed by atoms with Crippen LogP contribution in [0.5, 0.6) is 5.75 Å². The molecule has 4 nitrogen and oxygen atoms in total. The molecule has 170 valence electrons. The van der Waals surface area contributed by atoms with Crippen LogP contribution in [0, 0.1) is 23.4 Å². The maximum absolute atomic E-state index is 13.7. The van der Waals surface area contributed by atoms with E-state index in [1.165, 1.54) is 22.3 Å². The van der Waals surface area contributed by atoms with Gasteiger partial charge in [-0.05, 0) is 61.4 Å². The van der Waals surface area contributed by atoms with Crippen molar-refractivity contribution in [2.45, 2.75) is 32.6 Å². The second kappa shape index (κ2) is 9.36. The number of carboxylic acid groups (broad SMARTS) is 1.